The molecule has 188 valence electrons. The van der Waals surface area contributed by atoms with Crippen molar-refractivity contribution in [2.75, 3.05) is 0 Å². The van der Waals surface area contributed by atoms with Crippen LogP contribution in [0.25, 0.3) is 0 Å². The molecule has 0 aromatic heterocycles. The highest BCUT2D eigenvalue weighted by Crippen LogP contribution is 2.44. The van der Waals surface area contributed by atoms with Crippen LogP contribution in [-0.4, -0.2) is 34.0 Å². The lowest BCUT2D eigenvalue weighted by Gasteiger charge is -2.47. The van der Waals surface area contributed by atoms with E-state index in [1.54, 1.807) is 60.7 Å². The Morgan fingerprint density at radius 3 is 2.19 bits per heavy atom. The normalized spacial score (nSPS) is 20.8. The number of hydrogen-bond donors (Lipinski definition) is 1. The van der Waals surface area contributed by atoms with Crippen molar-refractivity contribution in [3.05, 3.63) is 105 Å². The average molecular weight is 530 g/mol. The zero-order chi connectivity index (χ0) is 25.8. The Balaban J connectivity index is 1.85. The van der Waals surface area contributed by atoms with Gasteiger partial charge < -0.3 is 14.7 Å². The van der Waals surface area contributed by atoms with Crippen LogP contribution in [0.15, 0.2) is 72.8 Å². The van der Waals surface area contributed by atoms with Crippen LogP contribution in [0.4, 0.5) is 4.39 Å². The summed E-state index contributed by atoms with van der Waals surface area (Å²) in [5, 5.41) is 11.2. The Kier molecular flexibility index (Phi) is 8.29. The predicted molar refractivity (Wildman–Crippen MR) is 137 cm³/mol. The molecule has 0 spiro atoms. The maximum Gasteiger partial charge on any atom is 0.326 e. The van der Waals surface area contributed by atoms with E-state index < -0.39 is 42.0 Å². The third-order valence-corrected chi connectivity index (χ3v) is 6.83. The Morgan fingerprint density at radius 1 is 1.03 bits per heavy atom. The van der Waals surface area contributed by atoms with Crippen LogP contribution in [0.5, 0.6) is 0 Å². The van der Waals surface area contributed by atoms with Crippen molar-refractivity contribution in [1.82, 2.24) is 4.90 Å². The van der Waals surface area contributed by atoms with Gasteiger partial charge in [0, 0.05) is 16.5 Å². The first-order chi connectivity index (χ1) is 17.3. The lowest BCUT2D eigenvalue weighted by molar-refractivity contribution is -0.184. The number of halogens is 3. The lowest BCUT2D eigenvalue weighted by Crippen LogP contribution is -2.57. The van der Waals surface area contributed by atoms with Crippen LogP contribution in [0.3, 0.4) is 0 Å². The fraction of sp³-hybridized carbons (Fsp3) is 0.286. The molecule has 4 atom stereocenters. The van der Waals surface area contributed by atoms with Gasteiger partial charge in [-0.15, -0.1) is 0 Å². The summed E-state index contributed by atoms with van der Waals surface area (Å²) >= 11 is 12.2. The van der Waals surface area contributed by atoms with Gasteiger partial charge in [-0.05, 0) is 59.5 Å². The Morgan fingerprint density at radius 2 is 1.64 bits per heavy atom. The van der Waals surface area contributed by atoms with Crippen LogP contribution in [0.2, 0.25) is 10.0 Å². The second-order valence-electron chi connectivity index (χ2n) is 8.82. The maximum absolute atomic E-state index is 13.9. The fourth-order valence-corrected chi connectivity index (χ4v) is 4.94. The van der Waals surface area contributed by atoms with Crippen molar-refractivity contribution in [2.45, 2.75) is 50.5 Å². The molecule has 0 aliphatic carbocycles. The molecule has 0 radical (unpaired) electrons. The molecule has 3 aromatic carbocycles. The van der Waals surface area contributed by atoms with Crippen LogP contribution >= 0.6 is 23.2 Å². The van der Waals surface area contributed by atoms with Crippen molar-refractivity contribution < 1.29 is 23.8 Å². The summed E-state index contributed by atoms with van der Waals surface area (Å²) in [6.45, 7) is 1.87. The average Bonchev–Trinajstić information content (AvgIpc) is 2.85. The van der Waals surface area contributed by atoms with Gasteiger partial charge in [0.15, 0.2) is 0 Å². The first kappa shape index (κ1) is 26.1. The van der Waals surface area contributed by atoms with Gasteiger partial charge in [0.1, 0.15) is 24.1 Å². The van der Waals surface area contributed by atoms with Crippen LogP contribution < -0.4 is 0 Å². The number of nitrogens with zero attached hydrogens (tertiary/aromatic N) is 1. The van der Waals surface area contributed by atoms with E-state index in [9.17, 15) is 19.1 Å². The molecule has 4 rings (SSSR count). The molecule has 5 nitrogen and oxygen atoms in total. The van der Waals surface area contributed by atoms with E-state index in [0.29, 0.717) is 27.6 Å². The number of carboxylic acid groups (broad SMARTS) is 1. The number of carbonyl (C=O) groups is 2. The first-order valence-corrected chi connectivity index (χ1v) is 12.5. The van der Waals surface area contributed by atoms with Gasteiger partial charge in [0.05, 0.1) is 6.04 Å². The largest absolute Gasteiger partial charge is 0.480 e. The van der Waals surface area contributed by atoms with Crippen LogP contribution in [-0.2, 0) is 20.7 Å². The third-order valence-electron chi connectivity index (χ3n) is 6.33. The summed E-state index contributed by atoms with van der Waals surface area (Å²) in [4.78, 5) is 27.8. The number of rotatable bonds is 8. The number of carbonyl (C=O) groups excluding carboxylic acids is 1. The number of morpholine rings is 1. The molecular formula is C28H26Cl2FNO4. The number of hydrogen-bond acceptors (Lipinski definition) is 3. The molecular weight excluding hydrogens is 504 g/mol. The molecule has 0 saturated carbocycles. The summed E-state index contributed by atoms with van der Waals surface area (Å²) in [7, 11) is 0. The van der Waals surface area contributed by atoms with E-state index in [4.69, 9.17) is 27.9 Å². The van der Waals surface area contributed by atoms with Gasteiger partial charge in [-0.2, -0.15) is 0 Å². The SMILES string of the molecule is CCC[C@H](C(=O)O)N1C(=O)[C@H](Cc2cccc(F)c2)O[C@@H](c2ccc(Cl)cc2)[C@H]1c1ccc(Cl)cc1. The molecule has 0 bridgehead atoms. The van der Waals surface area contributed by atoms with Gasteiger partial charge in [-0.3, -0.25) is 4.79 Å². The van der Waals surface area contributed by atoms with E-state index in [1.165, 1.54) is 17.0 Å². The molecule has 1 saturated heterocycles. The van der Waals surface area contributed by atoms with Crippen LogP contribution in [0.1, 0.15) is 48.6 Å². The molecule has 0 unspecified atom stereocenters. The standard InChI is InChI=1S/C28H26Cl2FNO4/c1-2-4-23(28(34)35)32-25(18-7-11-20(29)12-8-18)26(19-9-13-21(30)14-10-19)36-24(27(32)33)16-17-5-3-6-22(31)15-17/h3,5-15,23-26H,2,4,16H2,1H3,(H,34,35)/t23-,24+,25-,26+/m1/s1. The number of ether oxygens (including phenoxy) is 1. The molecule has 1 aliphatic rings. The summed E-state index contributed by atoms with van der Waals surface area (Å²) < 4.78 is 20.3. The Bertz CT molecular complexity index is 1220. The van der Waals surface area contributed by atoms with E-state index in [2.05, 4.69) is 0 Å². The number of benzene rings is 3. The highest BCUT2D eigenvalue weighted by molar-refractivity contribution is 6.30. The maximum atomic E-state index is 13.9. The summed E-state index contributed by atoms with van der Waals surface area (Å²) in [5.41, 5.74) is 2.01. The minimum absolute atomic E-state index is 0.100. The monoisotopic (exact) mass is 529 g/mol. The minimum atomic E-state index is -1.09. The van der Waals surface area contributed by atoms with Crippen molar-refractivity contribution in [2.24, 2.45) is 0 Å². The Labute approximate surface area is 219 Å². The fourth-order valence-electron chi connectivity index (χ4n) is 4.68. The van der Waals surface area contributed by atoms with Crippen molar-refractivity contribution >= 4 is 35.1 Å². The molecule has 1 fully saturated rings. The van der Waals surface area contributed by atoms with Crippen molar-refractivity contribution in [1.29, 1.82) is 0 Å². The molecule has 36 heavy (non-hydrogen) atoms. The predicted octanol–water partition coefficient (Wildman–Crippen LogP) is 6.64. The highest BCUT2D eigenvalue weighted by Gasteiger charge is 2.48. The summed E-state index contributed by atoms with van der Waals surface area (Å²) in [5.74, 6) is -1.97. The van der Waals surface area contributed by atoms with Gasteiger partial charge in [-0.1, -0.05) is 72.9 Å². The van der Waals surface area contributed by atoms with Gasteiger partial charge in [0.25, 0.3) is 5.91 Å². The van der Waals surface area contributed by atoms with E-state index in [1.807, 2.05) is 6.92 Å². The van der Waals surface area contributed by atoms with E-state index in [0.717, 1.165) is 5.56 Å². The molecule has 1 heterocycles. The molecule has 1 N–H and O–H groups in total. The van der Waals surface area contributed by atoms with E-state index in [-0.39, 0.29) is 12.8 Å². The minimum Gasteiger partial charge on any atom is -0.480 e. The van der Waals surface area contributed by atoms with Crippen molar-refractivity contribution in [3.8, 4) is 0 Å². The van der Waals surface area contributed by atoms with Crippen molar-refractivity contribution in [3.63, 3.8) is 0 Å². The number of carboxylic acids is 1. The summed E-state index contributed by atoms with van der Waals surface area (Å²) in [6, 6.07) is 18.2. The number of amides is 1. The second kappa shape index (κ2) is 11.4. The smallest absolute Gasteiger partial charge is 0.326 e. The molecule has 1 aliphatic heterocycles. The van der Waals surface area contributed by atoms with Gasteiger partial charge in [0.2, 0.25) is 0 Å². The summed E-state index contributed by atoms with van der Waals surface area (Å²) in [6.07, 6.45) is -0.767. The molecule has 8 heteroatoms. The zero-order valence-corrected chi connectivity index (χ0v) is 21.1. The topological polar surface area (TPSA) is 66.8 Å². The number of aliphatic carboxylic acids is 1. The molecule has 1 amide bonds. The van der Waals surface area contributed by atoms with E-state index >= 15 is 0 Å². The van der Waals surface area contributed by atoms with Gasteiger partial charge >= 0.3 is 5.97 Å². The highest BCUT2D eigenvalue weighted by atomic mass is 35.5. The third kappa shape index (κ3) is 5.72. The quantitative estimate of drug-likeness (QED) is 0.355. The van der Waals surface area contributed by atoms with Crippen LogP contribution in [0, 0.1) is 5.82 Å². The second-order valence-corrected chi connectivity index (χ2v) is 9.69. The zero-order valence-electron chi connectivity index (χ0n) is 19.6. The first-order valence-electron chi connectivity index (χ1n) is 11.7. The lowest BCUT2D eigenvalue weighted by atomic mass is 9.88. The Hall–Kier alpha value is -2.93. The molecule has 3 aromatic rings. The van der Waals surface area contributed by atoms with Gasteiger partial charge in [-0.25, -0.2) is 9.18 Å².